The van der Waals surface area contributed by atoms with Crippen molar-refractivity contribution >= 4 is 0 Å². The van der Waals surface area contributed by atoms with E-state index in [4.69, 9.17) is 6.42 Å². The number of hydrogen-bond acceptors (Lipinski definition) is 1. The smallest absolute Gasteiger partial charge is 0.0724 e. The van der Waals surface area contributed by atoms with Gasteiger partial charge in [0.2, 0.25) is 0 Å². The second-order valence-corrected chi connectivity index (χ2v) is 2.10. The summed E-state index contributed by atoms with van der Waals surface area (Å²) in [5, 5.41) is 0. The summed E-state index contributed by atoms with van der Waals surface area (Å²) >= 11 is 0. The van der Waals surface area contributed by atoms with Crippen LogP contribution in [0.2, 0.25) is 0 Å². The Labute approximate surface area is 50.7 Å². The Morgan fingerprint density at radius 1 is 1.88 bits per heavy atom. The van der Waals surface area contributed by atoms with Crippen LogP contribution in [0.15, 0.2) is 0 Å². The van der Waals surface area contributed by atoms with Gasteiger partial charge in [0.25, 0.3) is 0 Å². The zero-order valence-electron chi connectivity index (χ0n) is 5.22. The molecule has 0 aromatic heterocycles. The standard InChI is InChI=1S/C7H11N/c1-3-7-5-6-8(7)4-2/h1,7H,4-6H2,2H3. The van der Waals surface area contributed by atoms with Gasteiger partial charge < -0.3 is 0 Å². The van der Waals surface area contributed by atoms with E-state index in [1.807, 2.05) is 0 Å². The van der Waals surface area contributed by atoms with Crippen LogP contribution in [0.4, 0.5) is 0 Å². The Balaban J connectivity index is 2.29. The Bertz CT molecular complexity index is 110. The fourth-order valence-electron chi connectivity index (χ4n) is 1.01. The van der Waals surface area contributed by atoms with Gasteiger partial charge in [-0.3, -0.25) is 4.90 Å². The van der Waals surface area contributed by atoms with Crippen LogP contribution in [0.25, 0.3) is 0 Å². The molecule has 1 heterocycles. The third kappa shape index (κ3) is 0.719. The first-order chi connectivity index (χ1) is 3.88. The molecule has 0 aliphatic carbocycles. The van der Waals surface area contributed by atoms with Crippen molar-refractivity contribution in [1.29, 1.82) is 0 Å². The maximum Gasteiger partial charge on any atom is 0.0724 e. The zero-order valence-corrected chi connectivity index (χ0v) is 5.22. The fraction of sp³-hybridized carbons (Fsp3) is 0.714. The second-order valence-electron chi connectivity index (χ2n) is 2.10. The van der Waals surface area contributed by atoms with E-state index in [2.05, 4.69) is 17.7 Å². The summed E-state index contributed by atoms with van der Waals surface area (Å²) in [7, 11) is 0. The van der Waals surface area contributed by atoms with Gasteiger partial charge in [-0.1, -0.05) is 12.8 Å². The zero-order chi connectivity index (χ0) is 5.98. The van der Waals surface area contributed by atoms with Crippen molar-refractivity contribution in [1.82, 2.24) is 4.90 Å². The largest absolute Gasteiger partial charge is 0.290 e. The van der Waals surface area contributed by atoms with Crippen molar-refractivity contribution in [3.8, 4) is 12.3 Å². The molecule has 0 saturated carbocycles. The van der Waals surface area contributed by atoms with E-state index in [0.717, 1.165) is 6.54 Å². The molecule has 1 aliphatic heterocycles. The lowest BCUT2D eigenvalue weighted by atomic mass is 10.1. The quantitative estimate of drug-likeness (QED) is 0.448. The molecule has 8 heavy (non-hydrogen) atoms. The summed E-state index contributed by atoms with van der Waals surface area (Å²) in [6.07, 6.45) is 6.41. The third-order valence-electron chi connectivity index (χ3n) is 1.73. The molecule has 1 nitrogen and oxygen atoms in total. The fourth-order valence-corrected chi connectivity index (χ4v) is 1.01. The summed E-state index contributed by atoms with van der Waals surface area (Å²) < 4.78 is 0. The van der Waals surface area contributed by atoms with Gasteiger partial charge in [-0.15, -0.1) is 6.42 Å². The van der Waals surface area contributed by atoms with Gasteiger partial charge in [0.05, 0.1) is 6.04 Å². The first-order valence-electron chi connectivity index (χ1n) is 3.08. The van der Waals surface area contributed by atoms with Crippen molar-refractivity contribution in [3.63, 3.8) is 0 Å². The SMILES string of the molecule is C#CC1CCN1CC. The van der Waals surface area contributed by atoms with E-state index in [9.17, 15) is 0 Å². The highest BCUT2D eigenvalue weighted by atomic mass is 15.2. The van der Waals surface area contributed by atoms with Gasteiger partial charge >= 0.3 is 0 Å². The van der Waals surface area contributed by atoms with E-state index in [-0.39, 0.29) is 0 Å². The molecule has 1 rings (SSSR count). The van der Waals surface area contributed by atoms with Crippen LogP contribution in [0, 0.1) is 12.3 Å². The van der Waals surface area contributed by atoms with Crippen LogP contribution >= 0.6 is 0 Å². The predicted molar refractivity (Wildman–Crippen MR) is 34.5 cm³/mol. The van der Waals surface area contributed by atoms with E-state index in [1.54, 1.807) is 0 Å². The van der Waals surface area contributed by atoms with Crippen molar-refractivity contribution in [3.05, 3.63) is 0 Å². The summed E-state index contributed by atoms with van der Waals surface area (Å²) in [5.74, 6) is 2.73. The average molecular weight is 109 g/mol. The molecule has 0 aromatic carbocycles. The number of likely N-dealkylation sites (tertiary alicyclic amines) is 1. The van der Waals surface area contributed by atoms with Gasteiger partial charge in [0.15, 0.2) is 0 Å². The Morgan fingerprint density at radius 3 is 2.75 bits per heavy atom. The Morgan fingerprint density at radius 2 is 2.62 bits per heavy atom. The van der Waals surface area contributed by atoms with Crippen LogP contribution in [0.3, 0.4) is 0 Å². The molecule has 1 saturated heterocycles. The Kier molecular flexibility index (Phi) is 1.55. The third-order valence-corrected chi connectivity index (χ3v) is 1.73. The molecule has 44 valence electrons. The van der Waals surface area contributed by atoms with Gasteiger partial charge in [-0.2, -0.15) is 0 Å². The topological polar surface area (TPSA) is 3.24 Å². The predicted octanol–water partition coefficient (Wildman–Crippen LogP) is 0.714. The molecule has 1 aliphatic rings. The molecule has 1 fully saturated rings. The van der Waals surface area contributed by atoms with Crippen LogP contribution in [0.1, 0.15) is 13.3 Å². The highest BCUT2D eigenvalue weighted by molar-refractivity contribution is 5.05. The highest BCUT2D eigenvalue weighted by Crippen LogP contribution is 2.14. The maximum atomic E-state index is 5.21. The number of terminal acetylenes is 1. The lowest BCUT2D eigenvalue weighted by molar-refractivity contribution is 0.141. The van der Waals surface area contributed by atoms with Crippen LogP contribution < -0.4 is 0 Å². The van der Waals surface area contributed by atoms with E-state index < -0.39 is 0 Å². The van der Waals surface area contributed by atoms with E-state index in [1.165, 1.54) is 13.0 Å². The van der Waals surface area contributed by atoms with Crippen LogP contribution in [-0.2, 0) is 0 Å². The van der Waals surface area contributed by atoms with Gasteiger partial charge in [-0.05, 0) is 13.0 Å². The monoisotopic (exact) mass is 109 g/mol. The average Bonchev–Trinajstić information content (AvgIpc) is 1.66. The summed E-state index contributed by atoms with van der Waals surface area (Å²) in [6.45, 7) is 4.45. The molecular formula is C7H11N. The summed E-state index contributed by atoms with van der Waals surface area (Å²) in [6, 6.07) is 0.458. The molecular weight excluding hydrogens is 98.1 g/mol. The van der Waals surface area contributed by atoms with Crippen molar-refractivity contribution in [2.45, 2.75) is 19.4 Å². The van der Waals surface area contributed by atoms with Crippen LogP contribution in [-0.4, -0.2) is 24.0 Å². The minimum absolute atomic E-state index is 0.458. The molecule has 1 unspecified atom stereocenters. The first kappa shape index (κ1) is 5.65. The molecule has 0 radical (unpaired) electrons. The second kappa shape index (κ2) is 2.19. The summed E-state index contributed by atoms with van der Waals surface area (Å²) in [4.78, 5) is 2.29. The van der Waals surface area contributed by atoms with Crippen molar-refractivity contribution < 1.29 is 0 Å². The molecule has 0 bridgehead atoms. The lowest BCUT2D eigenvalue weighted by Gasteiger charge is -2.36. The van der Waals surface area contributed by atoms with Gasteiger partial charge in [0.1, 0.15) is 0 Å². The molecule has 0 amide bonds. The highest BCUT2D eigenvalue weighted by Gasteiger charge is 2.23. The number of rotatable bonds is 1. The number of nitrogens with zero attached hydrogens (tertiary/aromatic N) is 1. The number of hydrogen-bond donors (Lipinski definition) is 0. The van der Waals surface area contributed by atoms with Gasteiger partial charge in [0, 0.05) is 6.54 Å². The molecule has 0 N–H and O–H groups in total. The van der Waals surface area contributed by atoms with Gasteiger partial charge in [-0.25, -0.2) is 0 Å². The maximum absolute atomic E-state index is 5.21. The van der Waals surface area contributed by atoms with E-state index in [0.29, 0.717) is 6.04 Å². The molecule has 0 aromatic rings. The minimum atomic E-state index is 0.458. The van der Waals surface area contributed by atoms with Crippen molar-refractivity contribution in [2.75, 3.05) is 13.1 Å². The molecule has 1 atom stereocenters. The van der Waals surface area contributed by atoms with Crippen molar-refractivity contribution in [2.24, 2.45) is 0 Å². The van der Waals surface area contributed by atoms with E-state index >= 15 is 0 Å². The molecule has 0 spiro atoms. The molecule has 1 heteroatoms. The first-order valence-corrected chi connectivity index (χ1v) is 3.08. The Hall–Kier alpha value is -0.480. The normalized spacial score (nSPS) is 28.8. The minimum Gasteiger partial charge on any atom is -0.290 e. The summed E-state index contributed by atoms with van der Waals surface area (Å²) in [5.41, 5.74) is 0. The van der Waals surface area contributed by atoms with Crippen LogP contribution in [0.5, 0.6) is 0 Å². The lowest BCUT2D eigenvalue weighted by Crippen LogP contribution is -2.46.